The number of aryl methyl sites for hydroxylation is 2. The Bertz CT molecular complexity index is 1040. The first-order valence-electron chi connectivity index (χ1n) is 8.27. The van der Waals surface area contributed by atoms with Crippen molar-refractivity contribution in [1.29, 1.82) is 0 Å². The average molecular weight is 366 g/mol. The summed E-state index contributed by atoms with van der Waals surface area (Å²) in [5, 5.41) is 20.7. The van der Waals surface area contributed by atoms with Crippen LogP contribution < -0.4 is 11.3 Å². The first-order chi connectivity index (χ1) is 12.9. The van der Waals surface area contributed by atoms with Crippen LogP contribution in [-0.4, -0.2) is 10.2 Å². The Morgan fingerprint density at radius 2 is 1.33 bits per heavy atom. The summed E-state index contributed by atoms with van der Waals surface area (Å²) < 4.78 is 10.2. The van der Waals surface area contributed by atoms with Crippen LogP contribution in [0.5, 0.6) is 11.5 Å². The molecule has 138 valence electrons. The van der Waals surface area contributed by atoms with Gasteiger partial charge in [-0.05, 0) is 19.4 Å². The van der Waals surface area contributed by atoms with Crippen LogP contribution in [0.15, 0.2) is 67.0 Å². The van der Waals surface area contributed by atoms with E-state index in [2.05, 4.69) is 0 Å². The predicted molar refractivity (Wildman–Crippen MR) is 100 cm³/mol. The first-order valence-corrected chi connectivity index (χ1v) is 8.27. The third kappa shape index (κ3) is 3.84. The summed E-state index contributed by atoms with van der Waals surface area (Å²) in [6.45, 7) is 3.05. The topological polar surface area (TPSA) is 101 Å². The summed E-state index contributed by atoms with van der Waals surface area (Å²) in [7, 11) is 0. The lowest BCUT2D eigenvalue weighted by Crippen LogP contribution is -2.19. The van der Waals surface area contributed by atoms with E-state index in [0.29, 0.717) is 0 Å². The van der Waals surface area contributed by atoms with Gasteiger partial charge in [-0.15, -0.1) is 0 Å². The number of aromatic hydroxyl groups is 2. The van der Waals surface area contributed by atoms with Crippen LogP contribution in [0.2, 0.25) is 0 Å². The van der Waals surface area contributed by atoms with Crippen LogP contribution in [-0.2, 0) is 0 Å². The van der Waals surface area contributed by atoms with Crippen molar-refractivity contribution in [2.75, 3.05) is 0 Å². The van der Waals surface area contributed by atoms with Crippen LogP contribution in [0.25, 0.3) is 6.08 Å². The summed E-state index contributed by atoms with van der Waals surface area (Å²) in [4.78, 5) is 24.8. The van der Waals surface area contributed by atoms with E-state index in [-0.39, 0.29) is 34.1 Å². The SMILES string of the molecule is Cc1cc(O)c(C(/C=C/c2ccccc2)c2c(O)cc(C)oc2=O)c(=O)o1. The highest BCUT2D eigenvalue weighted by Crippen LogP contribution is 2.34. The molecular weight excluding hydrogens is 348 g/mol. The van der Waals surface area contributed by atoms with Gasteiger partial charge in [0.2, 0.25) is 0 Å². The lowest BCUT2D eigenvalue weighted by Gasteiger charge is -2.14. The molecule has 3 aromatic rings. The molecule has 0 atom stereocenters. The van der Waals surface area contributed by atoms with Crippen molar-refractivity contribution in [3.05, 3.63) is 97.6 Å². The summed E-state index contributed by atoms with van der Waals surface area (Å²) in [5.41, 5.74) is -1.09. The summed E-state index contributed by atoms with van der Waals surface area (Å²) >= 11 is 0. The maximum atomic E-state index is 12.4. The molecule has 0 saturated carbocycles. The van der Waals surface area contributed by atoms with Crippen molar-refractivity contribution >= 4 is 6.08 Å². The second kappa shape index (κ2) is 7.37. The van der Waals surface area contributed by atoms with Crippen molar-refractivity contribution in [1.82, 2.24) is 0 Å². The molecule has 0 aliphatic rings. The Kier molecular flexibility index (Phi) is 4.98. The van der Waals surface area contributed by atoms with E-state index in [4.69, 9.17) is 8.83 Å². The molecule has 0 aliphatic carbocycles. The van der Waals surface area contributed by atoms with Gasteiger partial charge < -0.3 is 19.0 Å². The summed E-state index contributed by atoms with van der Waals surface area (Å²) in [6, 6.07) is 11.8. The van der Waals surface area contributed by atoms with Crippen LogP contribution in [0, 0.1) is 13.8 Å². The first kappa shape index (κ1) is 18.3. The number of benzene rings is 1. The van der Waals surface area contributed by atoms with Gasteiger partial charge in [0, 0.05) is 18.1 Å². The van der Waals surface area contributed by atoms with Crippen molar-refractivity contribution in [3.63, 3.8) is 0 Å². The number of allylic oxidation sites excluding steroid dienone is 1. The summed E-state index contributed by atoms with van der Waals surface area (Å²) in [5.74, 6) is -1.25. The van der Waals surface area contributed by atoms with E-state index < -0.39 is 17.2 Å². The van der Waals surface area contributed by atoms with Gasteiger partial charge in [0.1, 0.15) is 23.0 Å². The van der Waals surface area contributed by atoms with Crippen molar-refractivity contribution in [2.45, 2.75) is 19.8 Å². The standard InChI is InChI=1S/C21H18O6/c1-12-10-16(22)18(20(24)26-12)15(9-8-14-6-4-3-5-7-14)19-17(23)11-13(2)27-21(19)25/h3-11,15,22-23H,1-2H3/b9-8+. The highest BCUT2D eigenvalue weighted by Gasteiger charge is 2.27. The Balaban J connectivity index is 2.24. The molecule has 6 nitrogen and oxygen atoms in total. The number of hydrogen-bond donors (Lipinski definition) is 2. The largest absolute Gasteiger partial charge is 0.507 e. The van der Waals surface area contributed by atoms with Gasteiger partial charge in [0.15, 0.2) is 0 Å². The maximum absolute atomic E-state index is 12.4. The molecular formula is C21H18O6. The van der Waals surface area contributed by atoms with Crippen molar-refractivity contribution < 1.29 is 19.0 Å². The van der Waals surface area contributed by atoms with Crippen molar-refractivity contribution in [2.24, 2.45) is 0 Å². The molecule has 27 heavy (non-hydrogen) atoms. The normalized spacial score (nSPS) is 11.4. The second-order valence-corrected chi connectivity index (χ2v) is 6.13. The quantitative estimate of drug-likeness (QED) is 0.733. The fourth-order valence-corrected chi connectivity index (χ4v) is 2.89. The van der Waals surface area contributed by atoms with Gasteiger partial charge in [0.05, 0.1) is 11.1 Å². The molecule has 0 bridgehead atoms. The Hall–Kier alpha value is -3.54. The fraction of sp³-hybridized carbons (Fsp3) is 0.143. The van der Waals surface area contributed by atoms with Gasteiger partial charge in [-0.25, -0.2) is 9.59 Å². The van der Waals surface area contributed by atoms with Gasteiger partial charge in [-0.2, -0.15) is 0 Å². The van der Waals surface area contributed by atoms with Gasteiger partial charge in [-0.3, -0.25) is 0 Å². The third-order valence-corrected chi connectivity index (χ3v) is 4.08. The Morgan fingerprint density at radius 1 is 0.852 bits per heavy atom. The van der Waals surface area contributed by atoms with Crippen molar-refractivity contribution in [3.8, 4) is 11.5 Å². The van der Waals surface area contributed by atoms with Crippen LogP contribution in [0.4, 0.5) is 0 Å². The van der Waals surface area contributed by atoms with Gasteiger partial charge >= 0.3 is 11.3 Å². The third-order valence-electron chi connectivity index (χ3n) is 4.08. The van der Waals surface area contributed by atoms with Crippen LogP contribution >= 0.6 is 0 Å². The molecule has 0 saturated heterocycles. The van der Waals surface area contributed by atoms with Gasteiger partial charge in [0.25, 0.3) is 0 Å². The minimum Gasteiger partial charge on any atom is -0.507 e. The smallest absolute Gasteiger partial charge is 0.343 e. The lowest BCUT2D eigenvalue weighted by molar-refractivity contribution is 0.408. The zero-order valence-electron chi connectivity index (χ0n) is 14.8. The zero-order valence-corrected chi connectivity index (χ0v) is 14.8. The fourth-order valence-electron chi connectivity index (χ4n) is 2.89. The molecule has 2 N–H and O–H groups in total. The minimum atomic E-state index is -1.06. The molecule has 2 heterocycles. The highest BCUT2D eigenvalue weighted by molar-refractivity contribution is 5.55. The summed E-state index contributed by atoms with van der Waals surface area (Å²) in [6.07, 6.45) is 3.22. The van der Waals surface area contributed by atoms with E-state index in [0.717, 1.165) is 5.56 Å². The van der Waals surface area contributed by atoms with Gasteiger partial charge in [-0.1, -0.05) is 42.5 Å². The van der Waals surface area contributed by atoms with E-state index in [1.807, 2.05) is 30.3 Å². The molecule has 0 unspecified atom stereocenters. The maximum Gasteiger partial charge on any atom is 0.343 e. The van der Waals surface area contributed by atoms with E-state index in [9.17, 15) is 19.8 Å². The van der Waals surface area contributed by atoms with E-state index in [1.54, 1.807) is 6.08 Å². The number of rotatable bonds is 4. The molecule has 0 aliphatic heterocycles. The monoisotopic (exact) mass is 366 g/mol. The predicted octanol–water partition coefficient (Wildman–Crippen LogP) is 3.47. The average Bonchev–Trinajstić information content (AvgIpc) is 2.58. The molecule has 0 spiro atoms. The molecule has 0 fully saturated rings. The lowest BCUT2D eigenvalue weighted by atomic mass is 9.91. The minimum absolute atomic E-state index is 0.153. The molecule has 0 amide bonds. The van der Waals surface area contributed by atoms with Crippen LogP contribution in [0.1, 0.15) is 34.1 Å². The molecule has 0 radical (unpaired) electrons. The second-order valence-electron chi connectivity index (χ2n) is 6.13. The molecule has 6 heteroatoms. The van der Waals surface area contributed by atoms with E-state index >= 15 is 0 Å². The van der Waals surface area contributed by atoms with E-state index in [1.165, 1.54) is 32.1 Å². The highest BCUT2D eigenvalue weighted by atomic mass is 16.4. The number of hydrogen-bond acceptors (Lipinski definition) is 6. The zero-order chi connectivity index (χ0) is 19.6. The Morgan fingerprint density at radius 3 is 1.78 bits per heavy atom. The molecule has 1 aromatic carbocycles. The Labute approximate surface area is 154 Å². The van der Waals surface area contributed by atoms with Crippen LogP contribution in [0.3, 0.4) is 0 Å². The molecule has 3 rings (SSSR count). The molecule has 2 aromatic heterocycles.